The number of nitrogens with one attached hydrogen (secondary N) is 3. The summed E-state index contributed by atoms with van der Waals surface area (Å²) in [7, 11) is 1.74. The summed E-state index contributed by atoms with van der Waals surface area (Å²) >= 11 is 0. The van der Waals surface area contributed by atoms with Crippen molar-refractivity contribution in [2.45, 2.75) is 38.3 Å². The second-order valence-corrected chi connectivity index (χ2v) is 9.16. The van der Waals surface area contributed by atoms with Crippen LogP contribution in [0.5, 0.6) is 0 Å². The fourth-order valence-electron chi connectivity index (χ4n) is 5.12. The van der Waals surface area contributed by atoms with Crippen LogP contribution in [0.25, 0.3) is 0 Å². The Hall–Kier alpha value is -4.05. The molecule has 5 rings (SSSR count). The minimum atomic E-state index is -1.00. The van der Waals surface area contributed by atoms with E-state index in [0.717, 1.165) is 34.7 Å². The first-order chi connectivity index (χ1) is 17.4. The molecule has 0 aliphatic carbocycles. The summed E-state index contributed by atoms with van der Waals surface area (Å²) in [6.45, 7) is 1.19. The van der Waals surface area contributed by atoms with Crippen LogP contribution in [-0.4, -0.2) is 60.6 Å². The van der Waals surface area contributed by atoms with Crippen molar-refractivity contribution in [1.29, 1.82) is 0 Å². The largest absolute Gasteiger partial charge is 0.381 e. The zero-order chi connectivity index (χ0) is 25.4. The Morgan fingerprint density at radius 3 is 2.69 bits per heavy atom. The van der Waals surface area contributed by atoms with Crippen molar-refractivity contribution in [2.24, 2.45) is 0 Å². The number of benzene rings is 2. The van der Waals surface area contributed by atoms with Gasteiger partial charge in [-0.15, -0.1) is 0 Å². The maximum Gasteiger partial charge on any atom is 0.262 e. The number of anilines is 2. The van der Waals surface area contributed by atoms with Crippen molar-refractivity contribution in [3.05, 3.63) is 58.7 Å². The van der Waals surface area contributed by atoms with E-state index >= 15 is 0 Å². The molecule has 0 radical (unpaired) electrons. The van der Waals surface area contributed by atoms with Crippen molar-refractivity contribution in [3.8, 4) is 0 Å². The maximum atomic E-state index is 13.3. The summed E-state index contributed by atoms with van der Waals surface area (Å²) < 4.78 is 0. The van der Waals surface area contributed by atoms with E-state index in [4.69, 9.17) is 0 Å². The molecule has 0 aromatic heterocycles. The Bertz CT molecular complexity index is 1290. The predicted octanol–water partition coefficient (Wildman–Crippen LogP) is 1.20. The topological polar surface area (TPSA) is 128 Å². The Kier molecular flexibility index (Phi) is 6.27. The van der Waals surface area contributed by atoms with E-state index in [-0.39, 0.29) is 43.0 Å². The van der Waals surface area contributed by atoms with Gasteiger partial charge in [0.15, 0.2) is 0 Å². The molecule has 0 saturated carbocycles. The third-order valence-electron chi connectivity index (χ3n) is 6.87. The normalized spacial score (nSPS) is 19.2. The summed E-state index contributed by atoms with van der Waals surface area (Å²) in [5.41, 5.74) is 3.91. The van der Waals surface area contributed by atoms with Gasteiger partial charge >= 0.3 is 0 Å². The van der Waals surface area contributed by atoms with Gasteiger partial charge in [-0.3, -0.25) is 34.2 Å². The van der Waals surface area contributed by atoms with E-state index in [1.807, 2.05) is 18.2 Å². The molecule has 3 N–H and O–H groups in total. The van der Waals surface area contributed by atoms with E-state index < -0.39 is 29.7 Å². The number of imide groups is 2. The molecule has 3 heterocycles. The Morgan fingerprint density at radius 2 is 1.92 bits per heavy atom. The SMILES string of the molecule is CNCC(=O)N1CCCc2ccc(NCc3cccc4c3C(=O)N(C3CCC(=O)NC3=O)C4=O)cc21. The van der Waals surface area contributed by atoms with Crippen LogP contribution in [0.2, 0.25) is 0 Å². The van der Waals surface area contributed by atoms with Crippen LogP contribution in [0.1, 0.15) is 51.1 Å². The number of hydrogen-bond donors (Lipinski definition) is 3. The number of hydrogen-bond acceptors (Lipinski definition) is 7. The third-order valence-corrected chi connectivity index (χ3v) is 6.87. The first-order valence-corrected chi connectivity index (χ1v) is 12.0. The predicted molar refractivity (Wildman–Crippen MR) is 131 cm³/mol. The molecular formula is C26H27N5O5. The number of piperidine rings is 1. The highest BCUT2D eigenvalue weighted by Gasteiger charge is 2.45. The molecule has 3 aliphatic heterocycles. The smallest absolute Gasteiger partial charge is 0.262 e. The average molecular weight is 490 g/mol. The third kappa shape index (κ3) is 4.13. The number of carbonyl (C=O) groups excluding carboxylic acids is 5. The van der Waals surface area contributed by atoms with Crippen LogP contribution in [-0.2, 0) is 27.3 Å². The number of nitrogens with zero attached hydrogens (tertiary/aromatic N) is 2. The standard InChI is InChI=1S/C26H27N5O5/c1-27-14-22(33)30-11-3-5-15-7-8-17(12-20(15)30)28-13-16-4-2-6-18-23(16)26(36)31(25(18)35)19-9-10-21(32)29-24(19)34/h2,4,6-8,12,19,27-28H,3,5,9-11,13-14H2,1H3,(H,29,32,34). The van der Waals surface area contributed by atoms with E-state index in [1.165, 1.54) is 0 Å². The van der Waals surface area contributed by atoms with Gasteiger partial charge in [0.2, 0.25) is 17.7 Å². The fraction of sp³-hybridized carbons (Fsp3) is 0.346. The fourth-order valence-corrected chi connectivity index (χ4v) is 5.12. The Labute approximate surface area is 208 Å². The molecule has 0 bridgehead atoms. The molecule has 1 unspecified atom stereocenters. The highest BCUT2D eigenvalue weighted by atomic mass is 16.2. The van der Waals surface area contributed by atoms with E-state index in [9.17, 15) is 24.0 Å². The van der Waals surface area contributed by atoms with Gasteiger partial charge in [0.25, 0.3) is 11.8 Å². The number of amides is 5. The lowest BCUT2D eigenvalue weighted by molar-refractivity contribution is -0.136. The second kappa shape index (κ2) is 9.54. The van der Waals surface area contributed by atoms with Crippen molar-refractivity contribution in [1.82, 2.24) is 15.5 Å². The number of fused-ring (bicyclic) bond motifs is 2. The molecular weight excluding hydrogens is 462 g/mol. The van der Waals surface area contributed by atoms with Gasteiger partial charge in [0, 0.05) is 30.9 Å². The summed E-state index contributed by atoms with van der Waals surface area (Å²) in [6, 6.07) is 9.94. The van der Waals surface area contributed by atoms with Gasteiger partial charge in [0.05, 0.1) is 17.7 Å². The van der Waals surface area contributed by atoms with Crippen molar-refractivity contribution < 1.29 is 24.0 Å². The van der Waals surface area contributed by atoms with Crippen LogP contribution in [0.4, 0.5) is 11.4 Å². The van der Waals surface area contributed by atoms with E-state index in [1.54, 1.807) is 30.1 Å². The quantitative estimate of drug-likeness (QED) is 0.520. The van der Waals surface area contributed by atoms with Crippen LogP contribution in [0.15, 0.2) is 36.4 Å². The molecule has 3 aliphatic rings. The lowest BCUT2D eigenvalue weighted by Crippen LogP contribution is -2.54. The first-order valence-electron chi connectivity index (χ1n) is 12.0. The molecule has 2 aromatic rings. The van der Waals surface area contributed by atoms with E-state index in [0.29, 0.717) is 12.1 Å². The van der Waals surface area contributed by atoms with E-state index in [2.05, 4.69) is 16.0 Å². The summed E-state index contributed by atoms with van der Waals surface area (Å²) in [5, 5.41) is 8.44. The van der Waals surface area contributed by atoms with Crippen LogP contribution >= 0.6 is 0 Å². The molecule has 0 spiro atoms. The molecule has 2 aromatic carbocycles. The summed E-state index contributed by atoms with van der Waals surface area (Å²) in [6.07, 6.45) is 2.00. The number of rotatable bonds is 6. The van der Waals surface area contributed by atoms with Crippen LogP contribution in [0.3, 0.4) is 0 Å². The monoisotopic (exact) mass is 489 g/mol. The summed E-state index contributed by atoms with van der Waals surface area (Å²) in [5.74, 6) is -2.09. The maximum absolute atomic E-state index is 13.3. The van der Waals surface area contributed by atoms with Crippen molar-refractivity contribution in [3.63, 3.8) is 0 Å². The minimum absolute atomic E-state index is 0.00845. The summed E-state index contributed by atoms with van der Waals surface area (Å²) in [4.78, 5) is 65.5. The van der Waals surface area contributed by atoms with Gasteiger partial charge in [0.1, 0.15) is 6.04 Å². The van der Waals surface area contributed by atoms with Gasteiger partial charge < -0.3 is 15.5 Å². The number of aryl methyl sites for hydroxylation is 1. The Balaban J connectivity index is 1.37. The number of carbonyl (C=O) groups is 5. The van der Waals surface area contributed by atoms with Crippen molar-refractivity contribution in [2.75, 3.05) is 30.4 Å². The Morgan fingerprint density at radius 1 is 1.08 bits per heavy atom. The molecule has 10 heteroatoms. The minimum Gasteiger partial charge on any atom is -0.381 e. The number of likely N-dealkylation sites (N-methyl/N-ethyl adjacent to an activating group) is 1. The van der Waals surface area contributed by atoms with Gasteiger partial charge in [-0.2, -0.15) is 0 Å². The van der Waals surface area contributed by atoms with Gasteiger partial charge in [-0.25, -0.2) is 0 Å². The molecule has 1 saturated heterocycles. The average Bonchev–Trinajstić information content (AvgIpc) is 3.12. The second-order valence-electron chi connectivity index (χ2n) is 9.16. The lowest BCUT2D eigenvalue weighted by atomic mass is 10.0. The molecule has 1 fully saturated rings. The molecule has 5 amide bonds. The highest BCUT2D eigenvalue weighted by Crippen LogP contribution is 2.32. The van der Waals surface area contributed by atoms with Crippen LogP contribution in [0, 0.1) is 0 Å². The van der Waals surface area contributed by atoms with Gasteiger partial charge in [-0.1, -0.05) is 18.2 Å². The first kappa shape index (κ1) is 23.7. The molecule has 10 nitrogen and oxygen atoms in total. The van der Waals surface area contributed by atoms with Gasteiger partial charge in [-0.05, 0) is 55.6 Å². The lowest BCUT2D eigenvalue weighted by Gasteiger charge is -2.30. The molecule has 36 heavy (non-hydrogen) atoms. The zero-order valence-corrected chi connectivity index (χ0v) is 19.9. The zero-order valence-electron chi connectivity index (χ0n) is 19.9. The van der Waals surface area contributed by atoms with Crippen molar-refractivity contribution >= 4 is 40.9 Å². The molecule has 1 atom stereocenters. The molecule has 186 valence electrons. The highest BCUT2D eigenvalue weighted by molar-refractivity contribution is 6.24. The van der Waals surface area contributed by atoms with Crippen LogP contribution < -0.4 is 20.9 Å².